The van der Waals surface area contributed by atoms with Crippen molar-refractivity contribution in [2.24, 2.45) is 5.41 Å². The highest BCUT2D eigenvalue weighted by Gasteiger charge is 2.39. The minimum absolute atomic E-state index is 0.219. The normalized spacial score (nSPS) is 23.2. The fourth-order valence-electron chi connectivity index (χ4n) is 2.26. The summed E-state index contributed by atoms with van der Waals surface area (Å²) in [4.78, 5) is 25.1. The van der Waals surface area contributed by atoms with E-state index >= 15 is 0 Å². The Hall–Kier alpha value is -1.98. The van der Waals surface area contributed by atoms with Crippen LogP contribution >= 0.6 is 0 Å². The second-order valence-corrected chi connectivity index (χ2v) is 5.26. The van der Waals surface area contributed by atoms with E-state index in [2.05, 4.69) is 10.2 Å². The summed E-state index contributed by atoms with van der Waals surface area (Å²) in [5, 5.41) is 16.9. The molecule has 1 atom stereocenters. The molecule has 1 aromatic rings. The Morgan fingerprint density at radius 3 is 2.68 bits per heavy atom. The Morgan fingerprint density at radius 2 is 2.11 bits per heavy atom. The van der Waals surface area contributed by atoms with E-state index in [0.29, 0.717) is 19.4 Å². The smallest absolute Gasteiger partial charge is 0.311 e. The number of aliphatic carboxylic acids is 1. The summed E-state index contributed by atoms with van der Waals surface area (Å²) in [7, 11) is 0. The van der Waals surface area contributed by atoms with Crippen molar-refractivity contribution in [2.75, 3.05) is 13.1 Å². The first-order valence-electron chi connectivity index (χ1n) is 6.25. The van der Waals surface area contributed by atoms with Gasteiger partial charge in [-0.2, -0.15) is 5.10 Å². The first-order valence-corrected chi connectivity index (χ1v) is 6.25. The Labute approximate surface area is 111 Å². The van der Waals surface area contributed by atoms with Gasteiger partial charge in [0.05, 0.1) is 11.1 Å². The third-order valence-corrected chi connectivity index (χ3v) is 3.52. The summed E-state index contributed by atoms with van der Waals surface area (Å²) in [6.45, 7) is 4.26. The molecule has 0 aromatic carbocycles. The van der Waals surface area contributed by atoms with Gasteiger partial charge in [-0.15, -0.1) is 5.10 Å². The van der Waals surface area contributed by atoms with Crippen molar-refractivity contribution >= 4 is 11.9 Å². The average Bonchev–Trinajstić information content (AvgIpc) is 2.39. The van der Waals surface area contributed by atoms with Crippen LogP contribution < -0.4 is 0 Å². The second-order valence-electron chi connectivity index (χ2n) is 5.26. The first-order chi connectivity index (χ1) is 8.92. The number of aromatic nitrogens is 2. The van der Waals surface area contributed by atoms with E-state index in [9.17, 15) is 14.7 Å². The molecule has 1 aliphatic heterocycles. The van der Waals surface area contributed by atoms with E-state index in [-0.39, 0.29) is 18.1 Å². The molecule has 6 nitrogen and oxygen atoms in total. The van der Waals surface area contributed by atoms with E-state index in [1.165, 1.54) is 0 Å². The van der Waals surface area contributed by atoms with Crippen LogP contribution in [0.3, 0.4) is 0 Å². The quantitative estimate of drug-likeness (QED) is 0.864. The first kappa shape index (κ1) is 13.5. The minimum Gasteiger partial charge on any atom is -0.481 e. The number of rotatable bonds is 2. The van der Waals surface area contributed by atoms with Gasteiger partial charge in [0.15, 0.2) is 5.69 Å². The standard InChI is InChI=1S/C13H17N3O3/c1-9-4-5-10(15-14-9)11(17)16-7-3-6-13(2,8-16)12(18)19/h4-5H,3,6-8H2,1-2H3,(H,18,19). The summed E-state index contributed by atoms with van der Waals surface area (Å²) in [5.41, 5.74) is 0.136. The zero-order valence-electron chi connectivity index (χ0n) is 11.1. The number of nitrogens with zero attached hydrogens (tertiary/aromatic N) is 3. The van der Waals surface area contributed by atoms with Crippen molar-refractivity contribution in [3.8, 4) is 0 Å². The van der Waals surface area contributed by atoms with Gasteiger partial charge in [-0.3, -0.25) is 9.59 Å². The maximum absolute atomic E-state index is 12.3. The lowest BCUT2D eigenvalue weighted by Crippen LogP contribution is -2.48. The number of carbonyl (C=O) groups excluding carboxylic acids is 1. The third-order valence-electron chi connectivity index (χ3n) is 3.52. The fourth-order valence-corrected chi connectivity index (χ4v) is 2.26. The number of likely N-dealkylation sites (tertiary alicyclic amines) is 1. The number of amides is 1. The van der Waals surface area contributed by atoms with Crippen molar-refractivity contribution < 1.29 is 14.7 Å². The molecule has 2 heterocycles. The van der Waals surface area contributed by atoms with Gasteiger partial charge in [0.1, 0.15) is 0 Å². The van der Waals surface area contributed by atoms with Gasteiger partial charge in [-0.05, 0) is 38.8 Å². The van der Waals surface area contributed by atoms with Gasteiger partial charge >= 0.3 is 5.97 Å². The molecule has 0 radical (unpaired) electrons. The maximum Gasteiger partial charge on any atom is 0.311 e. The molecule has 0 saturated carbocycles. The summed E-state index contributed by atoms with van der Waals surface area (Å²) in [6.07, 6.45) is 1.28. The van der Waals surface area contributed by atoms with Crippen molar-refractivity contribution in [3.63, 3.8) is 0 Å². The zero-order chi connectivity index (χ0) is 14.0. The molecule has 0 bridgehead atoms. The molecule has 1 amide bonds. The molecular formula is C13H17N3O3. The van der Waals surface area contributed by atoms with Gasteiger partial charge in [0.25, 0.3) is 5.91 Å². The van der Waals surface area contributed by atoms with Crippen LogP contribution in [0, 0.1) is 12.3 Å². The highest BCUT2D eigenvalue weighted by molar-refractivity contribution is 5.92. The van der Waals surface area contributed by atoms with E-state index in [1.807, 2.05) is 0 Å². The van der Waals surface area contributed by atoms with Crippen molar-refractivity contribution in [1.82, 2.24) is 15.1 Å². The van der Waals surface area contributed by atoms with Crippen molar-refractivity contribution in [1.29, 1.82) is 0 Å². The highest BCUT2D eigenvalue weighted by Crippen LogP contribution is 2.30. The van der Waals surface area contributed by atoms with E-state index in [4.69, 9.17) is 0 Å². The molecule has 19 heavy (non-hydrogen) atoms. The van der Waals surface area contributed by atoms with Gasteiger partial charge < -0.3 is 10.0 Å². The number of carboxylic acid groups (broad SMARTS) is 1. The van der Waals surface area contributed by atoms with Crippen LogP contribution in [0.4, 0.5) is 0 Å². The van der Waals surface area contributed by atoms with Gasteiger partial charge in [0.2, 0.25) is 0 Å². The second kappa shape index (κ2) is 4.95. The van der Waals surface area contributed by atoms with Crippen LogP contribution in [-0.2, 0) is 4.79 Å². The topological polar surface area (TPSA) is 83.4 Å². The summed E-state index contributed by atoms with van der Waals surface area (Å²) >= 11 is 0. The van der Waals surface area contributed by atoms with Crippen molar-refractivity contribution in [2.45, 2.75) is 26.7 Å². The number of hydrogen-bond donors (Lipinski definition) is 1. The third kappa shape index (κ3) is 2.72. The lowest BCUT2D eigenvalue weighted by Gasteiger charge is -2.37. The van der Waals surface area contributed by atoms with E-state index in [1.54, 1.807) is 30.9 Å². The van der Waals surface area contributed by atoms with Crippen LogP contribution in [0.15, 0.2) is 12.1 Å². The fraction of sp³-hybridized carbons (Fsp3) is 0.538. The van der Waals surface area contributed by atoms with Crippen LogP contribution in [0.1, 0.15) is 35.9 Å². The van der Waals surface area contributed by atoms with Crippen LogP contribution in [0.2, 0.25) is 0 Å². The molecule has 1 N–H and O–H groups in total. The molecule has 1 saturated heterocycles. The highest BCUT2D eigenvalue weighted by atomic mass is 16.4. The number of carboxylic acids is 1. The maximum atomic E-state index is 12.3. The van der Waals surface area contributed by atoms with Crippen LogP contribution in [0.5, 0.6) is 0 Å². The Balaban J connectivity index is 2.15. The number of aryl methyl sites for hydroxylation is 1. The van der Waals surface area contributed by atoms with Gasteiger partial charge in [0, 0.05) is 13.1 Å². The molecule has 102 valence electrons. The summed E-state index contributed by atoms with van der Waals surface area (Å²) in [6, 6.07) is 3.35. The van der Waals surface area contributed by atoms with Gasteiger partial charge in [-0.25, -0.2) is 0 Å². The summed E-state index contributed by atoms with van der Waals surface area (Å²) in [5.74, 6) is -1.11. The van der Waals surface area contributed by atoms with Crippen molar-refractivity contribution in [3.05, 3.63) is 23.5 Å². The monoisotopic (exact) mass is 263 g/mol. The van der Waals surface area contributed by atoms with E-state index in [0.717, 1.165) is 5.69 Å². The molecule has 6 heteroatoms. The largest absolute Gasteiger partial charge is 0.481 e. The van der Waals surface area contributed by atoms with Crippen LogP contribution in [-0.4, -0.2) is 45.2 Å². The Morgan fingerprint density at radius 1 is 1.37 bits per heavy atom. The zero-order valence-corrected chi connectivity index (χ0v) is 11.1. The van der Waals surface area contributed by atoms with Crippen LogP contribution in [0.25, 0.3) is 0 Å². The molecule has 0 spiro atoms. The lowest BCUT2D eigenvalue weighted by atomic mass is 9.82. The molecule has 2 rings (SSSR count). The molecular weight excluding hydrogens is 246 g/mol. The molecule has 0 aliphatic carbocycles. The number of carbonyl (C=O) groups is 2. The van der Waals surface area contributed by atoms with E-state index < -0.39 is 11.4 Å². The summed E-state index contributed by atoms with van der Waals surface area (Å²) < 4.78 is 0. The predicted molar refractivity (Wildman–Crippen MR) is 67.6 cm³/mol. The molecule has 1 fully saturated rings. The minimum atomic E-state index is -0.869. The number of hydrogen-bond acceptors (Lipinski definition) is 4. The SMILES string of the molecule is Cc1ccc(C(=O)N2CCCC(C)(C(=O)O)C2)nn1. The molecule has 1 unspecified atom stereocenters. The Kier molecular flexibility index (Phi) is 3.50. The molecule has 1 aromatic heterocycles. The Bertz CT molecular complexity index is 500. The predicted octanol–water partition coefficient (Wildman–Crippen LogP) is 1.11. The average molecular weight is 263 g/mol. The number of piperidine rings is 1. The lowest BCUT2D eigenvalue weighted by molar-refractivity contribution is -0.150. The molecule has 1 aliphatic rings. The van der Waals surface area contributed by atoms with Gasteiger partial charge in [-0.1, -0.05) is 0 Å².